The maximum absolute atomic E-state index is 12.3. The van der Waals surface area contributed by atoms with Gasteiger partial charge in [-0.2, -0.15) is 0 Å². The van der Waals surface area contributed by atoms with Gasteiger partial charge in [0.2, 0.25) is 5.91 Å². The summed E-state index contributed by atoms with van der Waals surface area (Å²) in [6.07, 6.45) is 0.268. The minimum atomic E-state index is -2.87. The zero-order chi connectivity index (χ0) is 18.7. The topological polar surface area (TPSA) is 96.0 Å². The first kappa shape index (κ1) is 15.0. The smallest absolute Gasteiger partial charge is 0.344 e. The average molecular weight is 321 g/mol. The van der Waals surface area contributed by atoms with Gasteiger partial charge in [0.1, 0.15) is 6.50 Å². The first-order chi connectivity index (χ1) is 11.0. The van der Waals surface area contributed by atoms with Crippen LogP contribution in [-0.2, 0) is 24.0 Å². The van der Waals surface area contributed by atoms with Gasteiger partial charge >= 0.3 is 5.97 Å². The van der Waals surface area contributed by atoms with Crippen molar-refractivity contribution in [2.75, 3.05) is 20.6 Å². The van der Waals surface area contributed by atoms with Gasteiger partial charge < -0.3 is 10.2 Å². The van der Waals surface area contributed by atoms with Gasteiger partial charge in [0.05, 0.1) is 8.78 Å². The van der Waals surface area contributed by atoms with Crippen LogP contribution < -0.4 is 5.32 Å². The number of nitrogens with one attached hydrogen (secondary N) is 1. The maximum Gasteiger partial charge on any atom is 0.352 e. The molecular weight excluding hydrogens is 296 g/mol. The van der Waals surface area contributed by atoms with Crippen molar-refractivity contribution in [3.05, 3.63) is 0 Å². The highest BCUT2D eigenvalue weighted by molar-refractivity contribution is 6.01. The molecule has 1 unspecified atom stereocenters. The molecule has 1 rings (SSSR count). The number of hydrogen-bond acceptors (Lipinski definition) is 6. The summed E-state index contributed by atoms with van der Waals surface area (Å²) < 4.78 is 15.3. The maximum atomic E-state index is 12.3. The Morgan fingerprint density at radius 1 is 1.36 bits per heavy atom. The molecule has 3 amide bonds. The summed E-state index contributed by atoms with van der Waals surface area (Å²) in [6.45, 7) is 0.958. The number of likely N-dealkylation sites (N-methyl/N-ethyl adjacent to an activating group) is 1. The Hall–Kier alpha value is -1.96. The summed E-state index contributed by atoms with van der Waals surface area (Å²) in [7, 11) is 3.34. The van der Waals surface area contributed by atoms with E-state index in [9.17, 15) is 19.2 Å². The van der Waals surface area contributed by atoms with Gasteiger partial charge in [-0.3, -0.25) is 19.3 Å². The largest absolute Gasteiger partial charge is 0.352 e. The van der Waals surface area contributed by atoms with Crippen molar-refractivity contribution in [1.29, 1.82) is 0 Å². The minimum absolute atomic E-state index is 0.0986. The molecule has 0 aromatic heterocycles. The molecule has 1 atom stereocenters. The Morgan fingerprint density at radius 2 is 1.91 bits per heavy atom. The number of imide groups is 1. The van der Waals surface area contributed by atoms with Crippen molar-refractivity contribution in [3.8, 4) is 0 Å². The number of rotatable bonds is 7. The third-order valence-electron chi connectivity index (χ3n) is 3.09. The average Bonchev–Trinajstić information content (AvgIpc) is 2.75. The molecule has 1 aliphatic heterocycles. The molecule has 1 saturated heterocycles. The standard InChI is InChI=1S/C14H23N3O5/c1-9(2)7-10(16(3)4)14(21)15-8-13(20)22-17-11(18)5-6-12(17)19/h9-10H,5-8H2,1-4H3,(H,15,21)/i8D2,14+1,16+1,20+2,21+2. The molecule has 1 aliphatic rings. The first-order valence-electron chi connectivity index (χ1n) is 8.02. The highest BCUT2D eigenvalue weighted by Gasteiger charge is 2.33. The number of amides is 3. The Labute approximate surface area is 132 Å². The molecule has 0 aliphatic carbocycles. The van der Waals surface area contributed by atoms with Crippen LogP contribution in [0.15, 0.2) is 0 Å². The van der Waals surface area contributed by atoms with Gasteiger partial charge in [-0.25, -0.2) is 4.79 Å². The molecule has 1 heterocycles. The van der Waals surface area contributed by atoms with Crippen molar-refractivity contribution in [2.24, 2.45) is 5.92 Å². The van der Waals surface area contributed by atoms with Gasteiger partial charge in [-0.15, -0.1) is 5.06 Å². The van der Waals surface area contributed by atoms with Crippen molar-refractivity contribution >= 4 is 23.7 Å². The normalized spacial score (nSPS) is 18.4. The fraction of sp³-hybridized carbons (Fsp3) is 0.714. The summed E-state index contributed by atoms with van der Waals surface area (Å²) >= 11 is 0. The number of nitrogens with zero attached hydrogens (tertiary/aromatic N) is 2. The molecule has 124 valence electrons. The van der Waals surface area contributed by atoms with E-state index in [2.05, 4.69) is 4.84 Å². The molecule has 0 aromatic rings. The van der Waals surface area contributed by atoms with E-state index in [0.29, 0.717) is 6.42 Å². The van der Waals surface area contributed by atoms with E-state index in [1.807, 2.05) is 19.2 Å². The van der Waals surface area contributed by atoms with Crippen LogP contribution in [0.25, 0.3) is 0 Å². The molecule has 0 radical (unpaired) electrons. The molecule has 1 fully saturated rings. The van der Waals surface area contributed by atoms with Gasteiger partial charge in [0, 0.05) is 12.8 Å². The minimum Gasteiger partial charge on any atom is -0.344 e. The highest BCUT2D eigenvalue weighted by atomic mass is 18.1. The lowest BCUT2D eigenvalue weighted by molar-refractivity contribution is -0.196. The molecule has 1 N–H and O–H groups in total. The molecule has 0 spiro atoms. The molecule has 0 bridgehead atoms. The summed E-state index contributed by atoms with van der Waals surface area (Å²) in [5, 5.41) is 2.22. The summed E-state index contributed by atoms with van der Waals surface area (Å²) in [5.74, 6) is -3.47. The van der Waals surface area contributed by atoms with Gasteiger partial charge in [0.25, 0.3) is 11.8 Å². The second kappa shape index (κ2) is 7.88. The summed E-state index contributed by atoms with van der Waals surface area (Å²) in [5.41, 5.74) is 0. The van der Waals surface area contributed by atoms with Crippen LogP contribution in [0.2, 0.25) is 0 Å². The van der Waals surface area contributed by atoms with Gasteiger partial charge in [-0.1, -0.05) is 13.8 Å². The lowest BCUT2D eigenvalue weighted by Gasteiger charge is -2.24. The number of hydrogen-bond donors (Lipinski definition) is 1. The zero-order valence-corrected chi connectivity index (χ0v) is 13.2. The number of carbonyl (C=O) groups excluding carboxylic acids is 4. The third-order valence-corrected chi connectivity index (χ3v) is 3.09. The second-order valence-corrected chi connectivity index (χ2v) is 5.68. The SMILES string of the molecule is [2H]C([2H])(N[13C](=[18O])C(CC(C)C)[15N](C)C)C(=[18O])ON1C(=O)CCC1=O. The van der Waals surface area contributed by atoms with Crippen molar-refractivity contribution < 1.29 is 26.8 Å². The quantitative estimate of drug-likeness (QED) is 0.299. The van der Waals surface area contributed by atoms with E-state index in [0.717, 1.165) is 0 Å². The predicted octanol–water partition coefficient (Wildman–Crippen LogP) is -0.314. The second-order valence-electron chi connectivity index (χ2n) is 5.68. The summed E-state index contributed by atoms with van der Waals surface area (Å²) in [4.78, 5) is 53.1. The van der Waals surface area contributed by atoms with Crippen LogP contribution in [0.1, 0.15) is 35.9 Å². The number of carbonyl (C=O) groups is 4. The lowest BCUT2D eigenvalue weighted by Crippen LogP contribution is -2.46. The van der Waals surface area contributed by atoms with E-state index < -0.39 is 36.2 Å². The number of hydroxylamine groups is 2. The van der Waals surface area contributed by atoms with Crippen LogP contribution in [0.5, 0.6) is 0 Å². The van der Waals surface area contributed by atoms with E-state index in [1.165, 1.54) is 0 Å². The fourth-order valence-electron chi connectivity index (χ4n) is 1.96. The van der Waals surface area contributed by atoms with E-state index >= 15 is 0 Å². The third kappa shape index (κ3) is 5.10. The van der Waals surface area contributed by atoms with Crippen LogP contribution in [0.4, 0.5) is 0 Å². The van der Waals surface area contributed by atoms with Crippen LogP contribution in [-0.4, -0.2) is 60.3 Å². The molecular formula is C14H23N3O5. The molecule has 0 aromatic carbocycles. The highest BCUT2D eigenvalue weighted by Crippen LogP contribution is 2.12. The van der Waals surface area contributed by atoms with Gasteiger partial charge in [-0.05, 0) is 26.4 Å². The van der Waals surface area contributed by atoms with Gasteiger partial charge in [0.15, 0.2) is 0 Å². The van der Waals surface area contributed by atoms with Crippen LogP contribution >= 0.6 is 0 Å². The predicted molar refractivity (Wildman–Crippen MR) is 77.1 cm³/mol. The Balaban J connectivity index is 2.75. The molecule has 22 heavy (non-hydrogen) atoms. The van der Waals surface area contributed by atoms with Crippen LogP contribution in [0, 0.1) is 5.92 Å². The monoisotopic (exact) mass is 321 g/mol. The van der Waals surface area contributed by atoms with E-state index in [1.54, 1.807) is 19.0 Å². The van der Waals surface area contributed by atoms with E-state index in [-0.39, 0.29) is 23.8 Å². The first-order valence-corrected chi connectivity index (χ1v) is 7.02. The summed E-state index contributed by atoms with van der Waals surface area (Å²) in [6, 6.07) is -0.636. The van der Waals surface area contributed by atoms with E-state index in [4.69, 9.17) is 2.74 Å². The molecule has 8 heteroatoms. The van der Waals surface area contributed by atoms with Crippen molar-refractivity contribution in [1.82, 2.24) is 15.3 Å². The zero-order valence-electron chi connectivity index (χ0n) is 15.2. The Morgan fingerprint density at radius 3 is 2.36 bits per heavy atom. The molecule has 8 nitrogen and oxygen atoms in total. The Bertz CT molecular complexity index is 521. The fourth-order valence-corrected chi connectivity index (χ4v) is 1.96. The van der Waals surface area contributed by atoms with Crippen molar-refractivity contribution in [3.63, 3.8) is 0 Å². The van der Waals surface area contributed by atoms with Crippen molar-refractivity contribution in [2.45, 2.75) is 39.2 Å². The molecule has 0 saturated carbocycles. The lowest BCUT2D eigenvalue weighted by atomic mass is 10.1. The van der Waals surface area contributed by atoms with Crippen LogP contribution in [0.3, 0.4) is 0 Å². The Kier molecular flexibility index (Phi) is 5.36.